The first-order valence-electron chi connectivity index (χ1n) is 23.5. The lowest BCUT2D eigenvalue weighted by molar-refractivity contribution is 0.590. The van der Waals surface area contributed by atoms with Crippen LogP contribution in [0.15, 0.2) is 180 Å². The maximum atomic E-state index is 6.58. The van der Waals surface area contributed by atoms with Gasteiger partial charge in [-0.25, -0.2) is 0 Å². The average molecular weight is 847 g/mol. The summed E-state index contributed by atoms with van der Waals surface area (Å²) in [4.78, 5) is 0. The predicted octanol–water partition coefficient (Wildman–Crippen LogP) is 14.5. The summed E-state index contributed by atoms with van der Waals surface area (Å²) in [6, 6.07) is 66.3. The molecular weight excluding hydrogens is 800 g/mol. The van der Waals surface area contributed by atoms with E-state index in [-0.39, 0.29) is 17.5 Å². The molecule has 0 amide bonds. The van der Waals surface area contributed by atoms with Gasteiger partial charge in [0.25, 0.3) is 6.71 Å². The van der Waals surface area contributed by atoms with E-state index in [1.807, 2.05) is 0 Å². The summed E-state index contributed by atoms with van der Waals surface area (Å²) in [5, 5.41) is 8.76. The summed E-state index contributed by atoms with van der Waals surface area (Å²) >= 11 is 0. The van der Waals surface area contributed by atoms with Crippen LogP contribution in [0.3, 0.4) is 0 Å². The minimum Gasteiger partial charge on any atom is -0.456 e. The molecule has 0 aliphatic carbocycles. The van der Waals surface area contributed by atoms with Crippen molar-refractivity contribution in [3.05, 3.63) is 187 Å². The molecule has 0 unspecified atom stereocenters. The van der Waals surface area contributed by atoms with Crippen LogP contribution in [0.5, 0.6) is 0 Å². The zero-order valence-electron chi connectivity index (χ0n) is 38.1. The fourth-order valence-electron chi connectivity index (χ4n) is 11.8. The zero-order chi connectivity index (χ0) is 44.4. The Balaban J connectivity index is 1.22. The van der Waals surface area contributed by atoms with Gasteiger partial charge in [0.2, 0.25) is 0 Å². The standard InChI is InChI=1S/C62H47BN2O/c1-61(2,3)41-26-28-50-46(33-41)47-34-42(62(4,5)6)35-49-59(47)64(50)51-30-40(38-25-27-45-44-23-15-16-24-53(44)66-54(45)32-38)31-52-57(51)63(49)56-43-22-14-13-21-39(43)29-48-55(36-17-9-7-10-18-36)58(65(52)60(48)56)37-19-11-8-12-20-37/h7-35H,1-6H3. The number of para-hydroxylation sites is 1. The monoisotopic (exact) mass is 846 g/mol. The Kier molecular flexibility index (Phi) is 7.47. The molecular formula is C62H47BN2O. The van der Waals surface area contributed by atoms with Crippen molar-refractivity contribution in [1.29, 1.82) is 0 Å². The molecule has 3 aromatic heterocycles. The van der Waals surface area contributed by atoms with Crippen molar-refractivity contribution in [3.63, 3.8) is 0 Å². The van der Waals surface area contributed by atoms with Gasteiger partial charge in [-0.3, -0.25) is 0 Å². The molecule has 0 spiro atoms. The molecule has 0 radical (unpaired) electrons. The maximum absolute atomic E-state index is 6.58. The molecule has 0 fully saturated rings. The lowest BCUT2D eigenvalue weighted by Gasteiger charge is -2.36. The van der Waals surface area contributed by atoms with Crippen molar-refractivity contribution in [1.82, 2.24) is 9.13 Å². The van der Waals surface area contributed by atoms with Gasteiger partial charge in [-0.1, -0.05) is 163 Å². The zero-order valence-corrected chi connectivity index (χ0v) is 38.1. The number of furan rings is 1. The van der Waals surface area contributed by atoms with Crippen molar-refractivity contribution in [2.75, 3.05) is 0 Å². The lowest BCUT2D eigenvalue weighted by Crippen LogP contribution is -2.60. The van der Waals surface area contributed by atoms with Crippen LogP contribution < -0.4 is 16.4 Å². The van der Waals surface area contributed by atoms with Gasteiger partial charge in [0, 0.05) is 49.4 Å². The Labute approximate surface area is 384 Å². The number of rotatable bonds is 3. The number of fused-ring (bicyclic) bond motifs is 12. The molecule has 0 bridgehead atoms. The van der Waals surface area contributed by atoms with Gasteiger partial charge in [-0.05, 0) is 126 Å². The first-order chi connectivity index (χ1) is 32.0. The maximum Gasteiger partial charge on any atom is 0.253 e. The summed E-state index contributed by atoms with van der Waals surface area (Å²) in [6.07, 6.45) is 0. The fraction of sp³-hybridized carbons (Fsp3) is 0.129. The van der Waals surface area contributed by atoms with Crippen molar-refractivity contribution >= 4 is 88.5 Å². The average Bonchev–Trinajstić information content (AvgIpc) is 3.99. The fourth-order valence-corrected chi connectivity index (χ4v) is 11.8. The molecule has 9 aromatic carbocycles. The Bertz CT molecular complexity index is 4060. The van der Waals surface area contributed by atoms with E-state index in [9.17, 15) is 0 Å². The summed E-state index contributed by atoms with van der Waals surface area (Å²) < 4.78 is 11.9. The van der Waals surface area contributed by atoms with Gasteiger partial charge >= 0.3 is 0 Å². The molecule has 3 nitrogen and oxygen atoms in total. The SMILES string of the molecule is CC(C)(C)c1ccc2c(c1)c1cc(C(C)(C)C)cc3c1n2-c1cc(-c2ccc4c(c2)oc2ccccc24)cc2c1B3c1c3ccccc3cc3c(-c4ccccc4)c(-c4ccccc4)n-2c13. The van der Waals surface area contributed by atoms with Crippen molar-refractivity contribution in [2.24, 2.45) is 0 Å². The second-order valence-electron chi connectivity index (χ2n) is 20.9. The largest absolute Gasteiger partial charge is 0.456 e. The van der Waals surface area contributed by atoms with E-state index in [1.165, 1.54) is 105 Å². The lowest BCUT2D eigenvalue weighted by atomic mass is 9.33. The van der Waals surface area contributed by atoms with Crippen molar-refractivity contribution in [3.8, 4) is 44.9 Å². The van der Waals surface area contributed by atoms with Crippen LogP contribution in [-0.4, -0.2) is 15.8 Å². The van der Waals surface area contributed by atoms with Gasteiger partial charge in [0.1, 0.15) is 11.2 Å². The van der Waals surface area contributed by atoms with Crippen LogP contribution >= 0.6 is 0 Å². The van der Waals surface area contributed by atoms with Crippen LogP contribution in [0.4, 0.5) is 0 Å². The number of benzene rings is 9. The Hall–Kier alpha value is -7.56. The Morgan fingerprint density at radius 3 is 1.82 bits per heavy atom. The number of nitrogens with zero attached hydrogens (tertiary/aromatic N) is 2. The summed E-state index contributed by atoms with van der Waals surface area (Å²) in [6.45, 7) is 14.1. The summed E-state index contributed by atoms with van der Waals surface area (Å²) in [5.41, 5.74) is 22.0. The molecule has 0 saturated carbocycles. The number of aromatic nitrogens is 2. The second kappa shape index (κ2) is 13.0. The van der Waals surface area contributed by atoms with Crippen molar-refractivity contribution in [2.45, 2.75) is 52.4 Å². The van der Waals surface area contributed by atoms with E-state index in [0.717, 1.165) is 33.1 Å². The molecule has 14 rings (SSSR count). The molecule has 0 saturated heterocycles. The van der Waals surface area contributed by atoms with E-state index in [2.05, 4.69) is 227 Å². The van der Waals surface area contributed by atoms with Gasteiger partial charge in [0.05, 0.1) is 16.7 Å². The van der Waals surface area contributed by atoms with Gasteiger partial charge in [0.15, 0.2) is 0 Å². The molecule has 2 aliphatic heterocycles. The Morgan fingerprint density at radius 1 is 0.409 bits per heavy atom. The highest BCUT2D eigenvalue weighted by atomic mass is 16.3. The summed E-state index contributed by atoms with van der Waals surface area (Å²) in [7, 11) is 0. The number of hydrogen-bond donors (Lipinski definition) is 0. The first kappa shape index (κ1) is 37.8. The van der Waals surface area contributed by atoms with E-state index < -0.39 is 0 Å². The molecule has 4 heteroatoms. The van der Waals surface area contributed by atoms with E-state index in [4.69, 9.17) is 4.42 Å². The first-order valence-corrected chi connectivity index (χ1v) is 23.5. The third kappa shape index (κ3) is 5.10. The third-order valence-electron chi connectivity index (χ3n) is 15.0. The van der Waals surface area contributed by atoms with Crippen LogP contribution in [0.2, 0.25) is 0 Å². The molecule has 66 heavy (non-hydrogen) atoms. The van der Waals surface area contributed by atoms with E-state index in [1.54, 1.807) is 0 Å². The predicted molar refractivity (Wildman–Crippen MR) is 281 cm³/mol. The number of hydrogen-bond acceptors (Lipinski definition) is 1. The summed E-state index contributed by atoms with van der Waals surface area (Å²) in [5.74, 6) is 0. The van der Waals surface area contributed by atoms with Crippen LogP contribution in [-0.2, 0) is 10.8 Å². The minimum atomic E-state index is -0.0765. The van der Waals surface area contributed by atoms with Gasteiger partial charge < -0.3 is 13.6 Å². The van der Waals surface area contributed by atoms with Gasteiger partial charge in [-0.15, -0.1) is 0 Å². The van der Waals surface area contributed by atoms with Crippen molar-refractivity contribution < 1.29 is 4.42 Å². The van der Waals surface area contributed by atoms with E-state index >= 15 is 0 Å². The smallest absolute Gasteiger partial charge is 0.253 e. The Morgan fingerprint density at radius 2 is 1.06 bits per heavy atom. The van der Waals surface area contributed by atoms with Crippen LogP contribution in [0, 0.1) is 0 Å². The van der Waals surface area contributed by atoms with Crippen LogP contribution in [0.1, 0.15) is 52.7 Å². The normalized spacial score (nSPS) is 13.3. The molecule has 5 heterocycles. The quantitative estimate of drug-likeness (QED) is 0.162. The van der Waals surface area contributed by atoms with Gasteiger partial charge in [-0.2, -0.15) is 0 Å². The molecule has 0 atom stereocenters. The third-order valence-corrected chi connectivity index (χ3v) is 15.0. The minimum absolute atomic E-state index is 0.00531. The highest BCUT2D eigenvalue weighted by Crippen LogP contribution is 2.48. The molecule has 2 aliphatic rings. The molecule has 12 aromatic rings. The molecule has 0 N–H and O–H groups in total. The molecule has 314 valence electrons. The van der Waals surface area contributed by atoms with Crippen LogP contribution in [0.25, 0.3) is 110 Å². The highest BCUT2D eigenvalue weighted by Gasteiger charge is 2.44. The second-order valence-corrected chi connectivity index (χ2v) is 20.9. The highest BCUT2D eigenvalue weighted by molar-refractivity contribution is 7.01. The topological polar surface area (TPSA) is 23.0 Å². The van der Waals surface area contributed by atoms with E-state index in [0.29, 0.717) is 0 Å².